The molecule has 0 bridgehead atoms. The first-order valence-electron chi connectivity index (χ1n) is 4.96. The molecule has 0 radical (unpaired) electrons. The third-order valence-electron chi connectivity index (χ3n) is 2.62. The lowest BCUT2D eigenvalue weighted by Crippen LogP contribution is -1.83. The van der Waals surface area contributed by atoms with Gasteiger partial charge in [0, 0.05) is 18.0 Å². The van der Waals surface area contributed by atoms with Crippen LogP contribution in [0.1, 0.15) is 17.5 Å². The van der Waals surface area contributed by atoms with Gasteiger partial charge < -0.3 is 4.79 Å². The number of carbonyl (C=O) groups is 1. The molecule has 2 nitrogen and oxygen atoms in total. The van der Waals surface area contributed by atoms with E-state index in [0.717, 1.165) is 18.2 Å². The van der Waals surface area contributed by atoms with Crippen LogP contribution in [-0.2, 0) is 11.2 Å². The average molecular weight is 219 g/mol. The van der Waals surface area contributed by atoms with Crippen molar-refractivity contribution in [2.75, 3.05) is 0 Å². The number of hydrogen-bond donors (Lipinski definition) is 1. The summed E-state index contributed by atoms with van der Waals surface area (Å²) >= 11 is 4.39. The predicted octanol–water partition coefficient (Wildman–Crippen LogP) is 2.77. The van der Waals surface area contributed by atoms with Gasteiger partial charge in [-0.2, -0.15) is 0 Å². The Morgan fingerprint density at radius 1 is 1.47 bits per heavy atom. The molecule has 0 atom stereocenters. The molecule has 1 heterocycles. The second-order valence-electron chi connectivity index (χ2n) is 3.68. The van der Waals surface area contributed by atoms with Crippen molar-refractivity contribution in [2.45, 2.75) is 19.8 Å². The smallest absolute Gasteiger partial charge is 0.120 e. The lowest BCUT2D eigenvalue weighted by atomic mass is 10.1. The normalized spacial score (nSPS) is 10.8. The molecule has 3 heteroatoms. The number of para-hydroxylation sites is 1. The zero-order valence-corrected chi connectivity index (χ0v) is 9.50. The van der Waals surface area contributed by atoms with Gasteiger partial charge in [-0.15, -0.1) is 0 Å². The summed E-state index contributed by atoms with van der Waals surface area (Å²) in [5, 5.41) is 1.20. The highest BCUT2D eigenvalue weighted by Gasteiger charge is 2.07. The maximum absolute atomic E-state index is 10.4. The van der Waals surface area contributed by atoms with E-state index in [9.17, 15) is 4.79 Å². The standard InChI is InChI=1S/C12H13NOS/c1-9-4-2-6-11-10(5-3-7-14)8-13(15)12(9)11/h2,4,6-8,15H,3,5H2,1H3. The Kier molecular flexibility index (Phi) is 2.82. The van der Waals surface area contributed by atoms with E-state index in [4.69, 9.17) is 0 Å². The minimum atomic E-state index is 0.570. The van der Waals surface area contributed by atoms with Gasteiger partial charge in [0.05, 0.1) is 5.52 Å². The number of aromatic nitrogens is 1. The molecule has 0 saturated carbocycles. The SMILES string of the molecule is Cc1cccc2c(CCC=O)cn(S)c12. The molecule has 0 unspecified atom stereocenters. The van der Waals surface area contributed by atoms with Crippen molar-refractivity contribution in [3.05, 3.63) is 35.5 Å². The topological polar surface area (TPSA) is 22.0 Å². The van der Waals surface area contributed by atoms with E-state index in [1.165, 1.54) is 16.5 Å². The lowest BCUT2D eigenvalue weighted by Gasteiger charge is -1.99. The predicted molar refractivity (Wildman–Crippen MR) is 65.4 cm³/mol. The molecular formula is C12H13NOS. The fraction of sp³-hybridized carbons (Fsp3) is 0.250. The number of hydrogen-bond acceptors (Lipinski definition) is 2. The van der Waals surface area contributed by atoms with E-state index in [1.807, 2.05) is 16.2 Å². The van der Waals surface area contributed by atoms with Gasteiger partial charge in [-0.3, -0.25) is 3.97 Å². The molecule has 2 rings (SSSR count). The van der Waals surface area contributed by atoms with Gasteiger partial charge in [-0.25, -0.2) is 0 Å². The number of benzene rings is 1. The molecule has 1 aromatic carbocycles. The van der Waals surface area contributed by atoms with Crippen LogP contribution in [0.15, 0.2) is 24.4 Å². The Bertz CT molecular complexity index is 502. The molecule has 0 aliphatic carbocycles. The second-order valence-corrected chi connectivity index (χ2v) is 4.11. The lowest BCUT2D eigenvalue weighted by molar-refractivity contribution is -0.107. The van der Waals surface area contributed by atoms with Crippen LogP contribution in [0.4, 0.5) is 0 Å². The van der Waals surface area contributed by atoms with Crippen molar-refractivity contribution in [3.8, 4) is 0 Å². The molecule has 0 amide bonds. The Labute approximate surface area is 94.4 Å². The van der Waals surface area contributed by atoms with E-state index in [2.05, 4.69) is 31.9 Å². The van der Waals surface area contributed by atoms with Gasteiger partial charge in [-0.1, -0.05) is 31.0 Å². The number of rotatable bonds is 3. The summed E-state index contributed by atoms with van der Waals surface area (Å²) in [5.41, 5.74) is 3.54. The van der Waals surface area contributed by atoms with Crippen LogP contribution < -0.4 is 0 Å². The van der Waals surface area contributed by atoms with Crippen molar-refractivity contribution in [2.24, 2.45) is 0 Å². The van der Waals surface area contributed by atoms with Crippen molar-refractivity contribution >= 4 is 30.0 Å². The number of aldehydes is 1. The van der Waals surface area contributed by atoms with Crippen LogP contribution in [0.5, 0.6) is 0 Å². The van der Waals surface area contributed by atoms with Crippen LogP contribution in [0, 0.1) is 6.92 Å². The fourth-order valence-corrected chi connectivity index (χ4v) is 2.32. The van der Waals surface area contributed by atoms with Crippen molar-refractivity contribution in [1.82, 2.24) is 3.97 Å². The number of fused-ring (bicyclic) bond motifs is 1. The van der Waals surface area contributed by atoms with Gasteiger partial charge in [0.2, 0.25) is 0 Å². The molecule has 15 heavy (non-hydrogen) atoms. The summed E-state index contributed by atoms with van der Waals surface area (Å²) in [6, 6.07) is 6.18. The van der Waals surface area contributed by atoms with Crippen LogP contribution in [-0.4, -0.2) is 10.3 Å². The molecule has 0 aliphatic rings. The Balaban J connectivity index is 2.57. The molecule has 2 aromatic rings. The minimum Gasteiger partial charge on any atom is -0.303 e. The zero-order chi connectivity index (χ0) is 10.8. The molecule has 0 aliphatic heterocycles. The van der Waals surface area contributed by atoms with Gasteiger partial charge in [0.1, 0.15) is 6.29 Å². The number of aryl methyl sites for hydroxylation is 2. The van der Waals surface area contributed by atoms with E-state index in [1.54, 1.807) is 0 Å². The van der Waals surface area contributed by atoms with Crippen LogP contribution in [0.25, 0.3) is 10.9 Å². The number of carbonyl (C=O) groups excluding carboxylic acids is 1. The van der Waals surface area contributed by atoms with Gasteiger partial charge in [0.15, 0.2) is 0 Å². The Hall–Kier alpha value is -1.22. The first kappa shape index (κ1) is 10.3. The van der Waals surface area contributed by atoms with Gasteiger partial charge >= 0.3 is 0 Å². The largest absolute Gasteiger partial charge is 0.303 e. The van der Waals surface area contributed by atoms with Crippen molar-refractivity contribution in [1.29, 1.82) is 0 Å². The molecule has 0 saturated heterocycles. The van der Waals surface area contributed by atoms with E-state index >= 15 is 0 Å². The van der Waals surface area contributed by atoms with Crippen molar-refractivity contribution in [3.63, 3.8) is 0 Å². The van der Waals surface area contributed by atoms with Gasteiger partial charge in [0.25, 0.3) is 0 Å². The van der Waals surface area contributed by atoms with E-state index in [0.29, 0.717) is 6.42 Å². The van der Waals surface area contributed by atoms with E-state index < -0.39 is 0 Å². The molecule has 0 spiro atoms. The fourth-order valence-electron chi connectivity index (χ4n) is 1.92. The Morgan fingerprint density at radius 3 is 3.00 bits per heavy atom. The number of thiol groups is 1. The van der Waals surface area contributed by atoms with Crippen LogP contribution in [0.2, 0.25) is 0 Å². The summed E-state index contributed by atoms with van der Waals surface area (Å²) in [7, 11) is 0. The highest BCUT2D eigenvalue weighted by atomic mass is 32.1. The molecular weight excluding hydrogens is 206 g/mol. The molecule has 0 fully saturated rings. The summed E-state index contributed by atoms with van der Waals surface area (Å²) in [6.07, 6.45) is 4.31. The van der Waals surface area contributed by atoms with Crippen LogP contribution in [0.3, 0.4) is 0 Å². The molecule has 0 N–H and O–H groups in total. The van der Waals surface area contributed by atoms with E-state index in [-0.39, 0.29) is 0 Å². The Morgan fingerprint density at radius 2 is 2.27 bits per heavy atom. The minimum absolute atomic E-state index is 0.570. The third kappa shape index (κ3) is 1.79. The summed E-state index contributed by atoms with van der Waals surface area (Å²) in [4.78, 5) is 10.4. The monoisotopic (exact) mass is 219 g/mol. The van der Waals surface area contributed by atoms with Gasteiger partial charge in [-0.05, 0) is 24.5 Å². The quantitative estimate of drug-likeness (QED) is 0.622. The summed E-state index contributed by atoms with van der Waals surface area (Å²) in [6.45, 7) is 2.07. The maximum Gasteiger partial charge on any atom is 0.120 e. The molecule has 78 valence electrons. The average Bonchev–Trinajstić information content (AvgIpc) is 2.54. The summed E-state index contributed by atoms with van der Waals surface area (Å²) < 4.78 is 1.84. The second kappa shape index (κ2) is 4.11. The first-order valence-corrected chi connectivity index (χ1v) is 5.36. The summed E-state index contributed by atoms with van der Waals surface area (Å²) in [5.74, 6) is 0. The van der Waals surface area contributed by atoms with Crippen LogP contribution >= 0.6 is 12.8 Å². The number of nitrogens with zero attached hydrogens (tertiary/aromatic N) is 1. The molecule has 1 aromatic heterocycles. The maximum atomic E-state index is 10.4. The first-order chi connectivity index (χ1) is 7.24. The third-order valence-corrected chi connectivity index (χ3v) is 2.94. The highest BCUT2D eigenvalue weighted by molar-refractivity contribution is 7.78. The van der Waals surface area contributed by atoms with Crippen molar-refractivity contribution < 1.29 is 4.79 Å². The highest BCUT2D eigenvalue weighted by Crippen LogP contribution is 2.25. The zero-order valence-electron chi connectivity index (χ0n) is 8.60.